The summed E-state index contributed by atoms with van der Waals surface area (Å²) in [6.07, 6.45) is 0.534. The van der Waals surface area contributed by atoms with E-state index in [9.17, 15) is 9.59 Å². The van der Waals surface area contributed by atoms with E-state index in [1.807, 2.05) is 26.0 Å². The summed E-state index contributed by atoms with van der Waals surface area (Å²) in [5.41, 5.74) is 0. The third-order valence-electron chi connectivity index (χ3n) is 2.75. The molecule has 1 atom stereocenters. The van der Waals surface area contributed by atoms with Gasteiger partial charge in [-0.25, -0.2) is 4.79 Å². The minimum Gasteiger partial charge on any atom is -0.493 e. The summed E-state index contributed by atoms with van der Waals surface area (Å²) in [4.78, 5) is 22.8. The second kappa shape index (κ2) is 8.67. The number of halogens is 1. The van der Waals surface area contributed by atoms with Gasteiger partial charge >= 0.3 is 5.97 Å². The molecule has 0 aliphatic heterocycles. The van der Waals surface area contributed by atoms with Crippen LogP contribution in [0.15, 0.2) is 28.7 Å². The molecule has 0 aromatic heterocycles. The van der Waals surface area contributed by atoms with Gasteiger partial charge in [-0.15, -0.1) is 0 Å². The van der Waals surface area contributed by atoms with Gasteiger partial charge in [-0.2, -0.15) is 0 Å². The molecule has 5 nitrogen and oxygen atoms in total. The first-order valence-corrected chi connectivity index (χ1v) is 7.58. The highest BCUT2D eigenvalue weighted by Gasteiger charge is 2.20. The van der Waals surface area contributed by atoms with Gasteiger partial charge in [0.25, 0.3) is 0 Å². The van der Waals surface area contributed by atoms with E-state index in [4.69, 9.17) is 9.84 Å². The SMILES string of the molecule is CC(C)C[C@@H](NC(=O)CCOc1ccc(Br)cc1)C(=O)O. The number of carbonyl (C=O) groups excluding carboxylic acids is 1. The van der Waals surface area contributed by atoms with Gasteiger partial charge in [0.2, 0.25) is 5.91 Å². The number of nitrogens with one attached hydrogen (secondary N) is 1. The standard InChI is InChI=1S/C15H20BrNO4/c1-10(2)9-13(15(19)20)17-14(18)7-8-21-12-5-3-11(16)4-6-12/h3-6,10,13H,7-9H2,1-2H3,(H,17,18)(H,19,20)/t13-/m1/s1. The second-order valence-electron chi connectivity index (χ2n) is 5.14. The topological polar surface area (TPSA) is 75.6 Å². The van der Waals surface area contributed by atoms with Crippen LogP contribution in [0.4, 0.5) is 0 Å². The summed E-state index contributed by atoms with van der Waals surface area (Å²) in [7, 11) is 0. The van der Waals surface area contributed by atoms with Gasteiger partial charge in [0.05, 0.1) is 13.0 Å². The molecule has 21 heavy (non-hydrogen) atoms. The van der Waals surface area contributed by atoms with Crippen molar-refractivity contribution in [1.29, 1.82) is 0 Å². The van der Waals surface area contributed by atoms with Crippen molar-refractivity contribution in [2.45, 2.75) is 32.7 Å². The molecule has 1 aromatic rings. The van der Waals surface area contributed by atoms with Crippen LogP contribution in [0, 0.1) is 5.92 Å². The summed E-state index contributed by atoms with van der Waals surface area (Å²) < 4.78 is 6.38. The van der Waals surface area contributed by atoms with Crippen molar-refractivity contribution in [3.63, 3.8) is 0 Å². The van der Waals surface area contributed by atoms with E-state index in [1.54, 1.807) is 12.1 Å². The normalized spacial score (nSPS) is 12.0. The first-order valence-electron chi connectivity index (χ1n) is 6.79. The van der Waals surface area contributed by atoms with Crippen LogP contribution in [0.3, 0.4) is 0 Å². The Morgan fingerprint density at radius 1 is 1.29 bits per heavy atom. The molecule has 2 N–H and O–H groups in total. The van der Waals surface area contributed by atoms with E-state index in [0.717, 1.165) is 4.47 Å². The minimum absolute atomic E-state index is 0.123. The number of hydrogen-bond acceptors (Lipinski definition) is 3. The molecule has 0 saturated carbocycles. The number of ether oxygens (including phenoxy) is 1. The lowest BCUT2D eigenvalue weighted by molar-refractivity contribution is -0.142. The van der Waals surface area contributed by atoms with Gasteiger partial charge in [-0.05, 0) is 36.6 Å². The van der Waals surface area contributed by atoms with Crippen molar-refractivity contribution in [3.8, 4) is 5.75 Å². The molecule has 0 bridgehead atoms. The fraction of sp³-hybridized carbons (Fsp3) is 0.467. The van der Waals surface area contributed by atoms with Crippen molar-refractivity contribution >= 4 is 27.8 Å². The van der Waals surface area contributed by atoms with Crippen LogP contribution < -0.4 is 10.1 Å². The van der Waals surface area contributed by atoms with E-state index in [1.165, 1.54) is 0 Å². The maximum atomic E-state index is 11.7. The van der Waals surface area contributed by atoms with Gasteiger partial charge in [0.1, 0.15) is 11.8 Å². The summed E-state index contributed by atoms with van der Waals surface area (Å²) in [5.74, 6) is -0.459. The maximum absolute atomic E-state index is 11.7. The van der Waals surface area contributed by atoms with E-state index < -0.39 is 12.0 Å². The van der Waals surface area contributed by atoms with Crippen molar-refractivity contribution < 1.29 is 19.4 Å². The summed E-state index contributed by atoms with van der Waals surface area (Å²) in [6, 6.07) is 6.43. The zero-order valence-corrected chi connectivity index (χ0v) is 13.7. The highest BCUT2D eigenvalue weighted by Crippen LogP contribution is 2.16. The predicted molar refractivity (Wildman–Crippen MR) is 83.3 cm³/mol. The van der Waals surface area contributed by atoms with Crippen LogP contribution >= 0.6 is 15.9 Å². The molecule has 1 amide bonds. The third-order valence-corrected chi connectivity index (χ3v) is 3.28. The van der Waals surface area contributed by atoms with Crippen LogP contribution in [0.1, 0.15) is 26.7 Å². The molecule has 1 aromatic carbocycles. The highest BCUT2D eigenvalue weighted by molar-refractivity contribution is 9.10. The van der Waals surface area contributed by atoms with Crippen LogP contribution in [0.5, 0.6) is 5.75 Å². The van der Waals surface area contributed by atoms with E-state index in [2.05, 4.69) is 21.2 Å². The van der Waals surface area contributed by atoms with Gasteiger partial charge in [-0.3, -0.25) is 4.79 Å². The fourth-order valence-corrected chi connectivity index (χ4v) is 2.02. The lowest BCUT2D eigenvalue weighted by Gasteiger charge is -2.16. The van der Waals surface area contributed by atoms with Gasteiger partial charge in [-0.1, -0.05) is 29.8 Å². The molecule has 0 aliphatic rings. The van der Waals surface area contributed by atoms with E-state index >= 15 is 0 Å². The Morgan fingerprint density at radius 3 is 2.43 bits per heavy atom. The van der Waals surface area contributed by atoms with Gasteiger partial charge in [0, 0.05) is 4.47 Å². The minimum atomic E-state index is -1.01. The van der Waals surface area contributed by atoms with Crippen LogP contribution in [-0.4, -0.2) is 29.6 Å². The molecule has 0 radical (unpaired) electrons. The number of carboxylic acids is 1. The van der Waals surface area contributed by atoms with Gasteiger partial charge < -0.3 is 15.2 Å². The van der Waals surface area contributed by atoms with Crippen molar-refractivity contribution in [1.82, 2.24) is 5.32 Å². The van der Waals surface area contributed by atoms with E-state index in [0.29, 0.717) is 12.2 Å². The average Bonchev–Trinajstić information content (AvgIpc) is 2.39. The Labute approximate surface area is 132 Å². The predicted octanol–water partition coefficient (Wildman–Crippen LogP) is 2.83. The number of benzene rings is 1. The largest absolute Gasteiger partial charge is 0.493 e. The Hall–Kier alpha value is -1.56. The molecule has 116 valence electrons. The maximum Gasteiger partial charge on any atom is 0.326 e. The molecule has 0 heterocycles. The van der Waals surface area contributed by atoms with Crippen LogP contribution in [-0.2, 0) is 9.59 Å². The molecule has 0 spiro atoms. The molecular formula is C15H20BrNO4. The quantitative estimate of drug-likeness (QED) is 0.749. The van der Waals surface area contributed by atoms with E-state index in [-0.39, 0.29) is 24.9 Å². The Balaban J connectivity index is 2.35. The monoisotopic (exact) mass is 357 g/mol. The number of carboxylic acid groups (broad SMARTS) is 1. The first-order chi connectivity index (χ1) is 9.88. The zero-order valence-electron chi connectivity index (χ0n) is 12.1. The molecule has 0 saturated heterocycles. The number of carbonyl (C=O) groups is 2. The molecule has 0 aliphatic carbocycles. The summed E-state index contributed by atoms with van der Waals surface area (Å²) in [5, 5.41) is 11.6. The Bertz CT molecular complexity index is 473. The van der Waals surface area contributed by atoms with Crippen molar-refractivity contribution in [2.24, 2.45) is 5.92 Å². The average molecular weight is 358 g/mol. The third kappa shape index (κ3) is 7.13. The smallest absolute Gasteiger partial charge is 0.326 e. The number of aliphatic carboxylic acids is 1. The highest BCUT2D eigenvalue weighted by atomic mass is 79.9. The lowest BCUT2D eigenvalue weighted by atomic mass is 10.0. The number of amides is 1. The summed E-state index contributed by atoms with van der Waals surface area (Å²) >= 11 is 3.32. The van der Waals surface area contributed by atoms with Crippen molar-refractivity contribution in [2.75, 3.05) is 6.61 Å². The summed E-state index contributed by atoms with van der Waals surface area (Å²) in [6.45, 7) is 4.04. The van der Waals surface area contributed by atoms with Gasteiger partial charge in [0.15, 0.2) is 0 Å². The molecule has 0 unspecified atom stereocenters. The Morgan fingerprint density at radius 2 is 1.90 bits per heavy atom. The zero-order chi connectivity index (χ0) is 15.8. The van der Waals surface area contributed by atoms with Crippen molar-refractivity contribution in [3.05, 3.63) is 28.7 Å². The Kier molecular flexibility index (Phi) is 7.22. The van der Waals surface area contributed by atoms with Crippen LogP contribution in [0.25, 0.3) is 0 Å². The van der Waals surface area contributed by atoms with Crippen LogP contribution in [0.2, 0.25) is 0 Å². The lowest BCUT2D eigenvalue weighted by Crippen LogP contribution is -2.42. The second-order valence-corrected chi connectivity index (χ2v) is 6.06. The first kappa shape index (κ1) is 17.5. The molecule has 6 heteroatoms. The number of hydrogen-bond donors (Lipinski definition) is 2. The fourth-order valence-electron chi connectivity index (χ4n) is 1.75. The number of rotatable bonds is 8. The molecule has 0 fully saturated rings. The molecular weight excluding hydrogens is 338 g/mol. The molecule has 1 rings (SSSR count).